The average Bonchev–Trinajstić information content (AvgIpc) is 3.16. The third kappa shape index (κ3) is 3.84. The molecule has 4 heteroatoms. The van der Waals surface area contributed by atoms with E-state index in [-0.39, 0.29) is 5.41 Å². The Bertz CT molecular complexity index is 458. The Labute approximate surface area is 122 Å². The molecule has 0 spiro atoms. The number of rotatable bonds is 6. The maximum Gasteiger partial charge on any atom is 0.138 e. The zero-order valence-corrected chi connectivity index (χ0v) is 13.5. The Morgan fingerprint density at radius 1 is 1.10 bits per heavy atom. The van der Waals surface area contributed by atoms with Gasteiger partial charge < -0.3 is 10.6 Å². The van der Waals surface area contributed by atoms with E-state index in [1.807, 2.05) is 0 Å². The van der Waals surface area contributed by atoms with Gasteiger partial charge in [0.15, 0.2) is 0 Å². The molecule has 1 aliphatic rings. The van der Waals surface area contributed by atoms with Crippen LogP contribution in [0.3, 0.4) is 0 Å². The van der Waals surface area contributed by atoms with Crippen LogP contribution in [0, 0.1) is 12.8 Å². The van der Waals surface area contributed by atoms with Gasteiger partial charge in [-0.2, -0.15) is 0 Å². The monoisotopic (exact) mass is 276 g/mol. The summed E-state index contributed by atoms with van der Waals surface area (Å²) < 4.78 is 0. The third-order valence-electron chi connectivity index (χ3n) is 3.70. The quantitative estimate of drug-likeness (QED) is 0.831. The van der Waals surface area contributed by atoms with Gasteiger partial charge in [-0.3, -0.25) is 0 Å². The van der Waals surface area contributed by atoms with E-state index in [2.05, 4.69) is 50.2 Å². The summed E-state index contributed by atoms with van der Waals surface area (Å²) in [6.45, 7) is 12.5. The standard InChI is InChI=1S/C16H28N4/c1-6-17-13-11(2)14(18-10-9-12-7-8-12)20-15(19-13)16(3,4)5/h12H,6-10H2,1-5H3,(H2,17,18,19,20). The average molecular weight is 276 g/mol. The fraction of sp³-hybridized carbons (Fsp3) is 0.750. The van der Waals surface area contributed by atoms with Crippen molar-refractivity contribution in [2.24, 2.45) is 5.92 Å². The smallest absolute Gasteiger partial charge is 0.138 e. The molecular weight excluding hydrogens is 248 g/mol. The maximum atomic E-state index is 4.74. The van der Waals surface area contributed by atoms with Gasteiger partial charge in [0.2, 0.25) is 0 Å². The molecule has 1 aliphatic carbocycles. The van der Waals surface area contributed by atoms with Crippen LogP contribution in [-0.2, 0) is 5.41 Å². The molecule has 0 aromatic carbocycles. The third-order valence-corrected chi connectivity index (χ3v) is 3.70. The van der Waals surface area contributed by atoms with Crippen molar-refractivity contribution in [1.29, 1.82) is 0 Å². The van der Waals surface area contributed by atoms with Crippen LogP contribution < -0.4 is 10.6 Å². The SMILES string of the molecule is CCNc1nc(C(C)(C)C)nc(NCCC2CC2)c1C. The number of hydrogen-bond acceptors (Lipinski definition) is 4. The van der Waals surface area contributed by atoms with Crippen LogP contribution in [-0.4, -0.2) is 23.1 Å². The van der Waals surface area contributed by atoms with Gasteiger partial charge in [0, 0.05) is 24.1 Å². The van der Waals surface area contributed by atoms with Crippen LogP contribution in [0.4, 0.5) is 11.6 Å². The van der Waals surface area contributed by atoms with Crippen LogP contribution in [0.5, 0.6) is 0 Å². The molecular formula is C16H28N4. The van der Waals surface area contributed by atoms with E-state index in [4.69, 9.17) is 4.98 Å². The van der Waals surface area contributed by atoms with Crippen molar-refractivity contribution in [2.75, 3.05) is 23.7 Å². The lowest BCUT2D eigenvalue weighted by atomic mass is 9.95. The molecule has 1 heterocycles. The molecule has 1 aromatic heterocycles. The minimum Gasteiger partial charge on any atom is -0.370 e. The van der Waals surface area contributed by atoms with Crippen LogP contribution in [0.2, 0.25) is 0 Å². The van der Waals surface area contributed by atoms with Crippen LogP contribution in [0.15, 0.2) is 0 Å². The zero-order valence-electron chi connectivity index (χ0n) is 13.5. The summed E-state index contributed by atoms with van der Waals surface area (Å²) in [4.78, 5) is 9.43. The molecule has 0 radical (unpaired) electrons. The molecule has 4 nitrogen and oxygen atoms in total. The molecule has 2 N–H and O–H groups in total. The second kappa shape index (κ2) is 5.98. The highest BCUT2D eigenvalue weighted by Crippen LogP contribution is 2.32. The maximum absolute atomic E-state index is 4.74. The molecule has 20 heavy (non-hydrogen) atoms. The van der Waals surface area contributed by atoms with Crippen LogP contribution in [0.1, 0.15) is 58.3 Å². The number of anilines is 2. The number of nitrogens with one attached hydrogen (secondary N) is 2. The lowest BCUT2D eigenvalue weighted by Crippen LogP contribution is -2.20. The summed E-state index contributed by atoms with van der Waals surface area (Å²) in [5.74, 6) is 3.79. The van der Waals surface area contributed by atoms with Crippen molar-refractivity contribution in [3.8, 4) is 0 Å². The van der Waals surface area contributed by atoms with E-state index in [1.165, 1.54) is 19.3 Å². The summed E-state index contributed by atoms with van der Waals surface area (Å²) in [6.07, 6.45) is 4.06. The van der Waals surface area contributed by atoms with Crippen molar-refractivity contribution < 1.29 is 0 Å². The molecule has 1 aromatic rings. The molecule has 112 valence electrons. The predicted octanol–water partition coefficient (Wildman–Crippen LogP) is 3.73. The van der Waals surface area contributed by atoms with Gasteiger partial charge in [0.25, 0.3) is 0 Å². The highest BCUT2D eigenvalue weighted by Gasteiger charge is 2.22. The van der Waals surface area contributed by atoms with Crippen molar-refractivity contribution in [1.82, 2.24) is 9.97 Å². The van der Waals surface area contributed by atoms with Crippen molar-refractivity contribution in [2.45, 2.75) is 59.3 Å². The van der Waals surface area contributed by atoms with E-state index in [0.29, 0.717) is 0 Å². The van der Waals surface area contributed by atoms with E-state index in [0.717, 1.165) is 42.0 Å². The number of aromatic nitrogens is 2. The normalized spacial score (nSPS) is 15.2. The fourth-order valence-electron chi connectivity index (χ4n) is 2.16. The first kappa shape index (κ1) is 15.1. The Kier molecular flexibility index (Phi) is 4.51. The van der Waals surface area contributed by atoms with E-state index in [9.17, 15) is 0 Å². The Morgan fingerprint density at radius 2 is 1.70 bits per heavy atom. The molecule has 0 bridgehead atoms. The van der Waals surface area contributed by atoms with Gasteiger partial charge in [-0.05, 0) is 26.2 Å². The van der Waals surface area contributed by atoms with Gasteiger partial charge in [0.1, 0.15) is 17.5 Å². The molecule has 0 aliphatic heterocycles. The van der Waals surface area contributed by atoms with Gasteiger partial charge in [-0.25, -0.2) is 9.97 Å². The van der Waals surface area contributed by atoms with Gasteiger partial charge >= 0.3 is 0 Å². The molecule has 0 atom stereocenters. The molecule has 0 amide bonds. The van der Waals surface area contributed by atoms with Gasteiger partial charge in [0.05, 0.1) is 0 Å². The van der Waals surface area contributed by atoms with E-state index >= 15 is 0 Å². The van der Waals surface area contributed by atoms with E-state index in [1.54, 1.807) is 0 Å². The topological polar surface area (TPSA) is 49.8 Å². The summed E-state index contributed by atoms with van der Waals surface area (Å²) in [5, 5.41) is 6.85. The summed E-state index contributed by atoms with van der Waals surface area (Å²) in [7, 11) is 0. The minimum atomic E-state index is -0.0369. The molecule has 0 unspecified atom stereocenters. The first-order valence-electron chi connectivity index (χ1n) is 7.78. The van der Waals surface area contributed by atoms with Gasteiger partial charge in [-0.1, -0.05) is 33.6 Å². The number of hydrogen-bond donors (Lipinski definition) is 2. The Balaban J connectivity index is 2.19. The second-order valence-corrected chi connectivity index (χ2v) is 6.81. The van der Waals surface area contributed by atoms with E-state index < -0.39 is 0 Å². The van der Waals surface area contributed by atoms with Crippen LogP contribution >= 0.6 is 0 Å². The Hall–Kier alpha value is -1.32. The highest BCUT2D eigenvalue weighted by molar-refractivity contribution is 5.57. The van der Waals surface area contributed by atoms with Crippen molar-refractivity contribution in [3.63, 3.8) is 0 Å². The molecule has 1 fully saturated rings. The first-order chi connectivity index (χ1) is 9.41. The highest BCUT2D eigenvalue weighted by atomic mass is 15.1. The zero-order chi connectivity index (χ0) is 14.8. The lowest BCUT2D eigenvalue weighted by molar-refractivity contribution is 0.546. The number of nitrogens with zero attached hydrogens (tertiary/aromatic N) is 2. The molecule has 1 saturated carbocycles. The summed E-state index contributed by atoms with van der Waals surface area (Å²) in [5.41, 5.74) is 1.08. The second-order valence-electron chi connectivity index (χ2n) is 6.81. The van der Waals surface area contributed by atoms with Crippen LogP contribution in [0.25, 0.3) is 0 Å². The molecule has 0 saturated heterocycles. The van der Waals surface area contributed by atoms with Crippen molar-refractivity contribution >= 4 is 11.6 Å². The fourth-order valence-corrected chi connectivity index (χ4v) is 2.16. The Morgan fingerprint density at radius 3 is 2.20 bits per heavy atom. The van der Waals surface area contributed by atoms with Crippen molar-refractivity contribution in [3.05, 3.63) is 11.4 Å². The summed E-state index contributed by atoms with van der Waals surface area (Å²) in [6, 6.07) is 0. The largest absolute Gasteiger partial charge is 0.370 e. The summed E-state index contributed by atoms with van der Waals surface area (Å²) >= 11 is 0. The predicted molar refractivity (Wildman–Crippen MR) is 85.5 cm³/mol. The minimum absolute atomic E-state index is 0.0369. The van der Waals surface area contributed by atoms with Gasteiger partial charge in [-0.15, -0.1) is 0 Å². The molecule has 2 rings (SSSR count). The lowest BCUT2D eigenvalue weighted by Gasteiger charge is -2.21. The first-order valence-corrected chi connectivity index (χ1v) is 7.78.